The number of hydrogen-bond donors (Lipinski definition) is 1. The van der Waals surface area contributed by atoms with Crippen LogP contribution in [0.5, 0.6) is 0 Å². The Balaban J connectivity index is 2.38. The average molecular weight is 593 g/mol. The van der Waals surface area contributed by atoms with Crippen LogP contribution in [0.25, 0.3) is 0 Å². The molecule has 0 aromatic heterocycles. The van der Waals surface area contributed by atoms with Gasteiger partial charge in [-0.05, 0) is 95.5 Å². The van der Waals surface area contributed by atoms with Crippen molar-refractivity contribution in [2.24, 2.45) is 5.92 Å². The summed E-state index contributed by atoms with van der Waals surface area (Å²) in [6, 6.07) is 7.22. The zero-order chi connectivity index (χ0) is 20.5. The smallest absolute Gasteiger partial charge is 0.396 e. The van der Waals surface area contributed by atoms with E-state index in [1.54, 1.807) is 6.07 Å². The zero-order valence-corrected chi connectivity index (χ0v) is 19.3. The van der Waals surface area contributed by atoms with E-state index in [2.05, 4.69) is 47.8 Å². The Morgan fingerprint density at radius 1 is 1.11 bits per heavy atom. The maximum atomic E-state index is 13.8. The monoisotopic (exact) mass is 590 g/mol. The molecule has 0 saturated carbocycles. The summed E-state index contributed by atoms with van der Waals surface area (Å²) in [7, 11) is 0. The van der Waals surface area contributed by atoms with Crippen LogP contribution in [0.1, 0.15) is 34.3 Å². The van der Waals surface area contributed by atoms with Crippen LogP contribution < -0.4 is 0 Å². The predicted molar refractivity (Wildman–Crippen MR) is 110 cm³/mol. The number of halogens is 7. The third-order valence-corrected chi connectivity index (χ3v) is 6.88. The molecule has 1 N–H and O–H groups in total. The molecule has 0 spiro atoms. The van der Waals surface area contributed by atoms with Crippen LogP contribution >= 0.6 is 59.4 Å². The molecule has 2 rings (SSSR count). The van der Waals surface area contributed by atoms with Crippen molar-refractivity contribution in [1.82, 2.24) is 0 Å². The zero-order valence-electron chi connectivity index (χ0n) is 13.7. The minimum atomic E-state index is -4.45. The molecule has 2 unspecified atom stereocenters. The van der Waals surface area contributed by atoms with Gasteiger partial charge in [-0.3, -0.25) is 0 Å². The fraction of sp³-hybridized carbons (Fsp3) is 0.278. The number of alkyl halides is 3. The summed E-state index contributed by atoms with van der Waals surface area (Å²) in [6.45, 7) is 1.52. The highest BCUT2D eigenvalue weighted by atomic mass is 79.9. The van der Waals surface area contributed by atoms with Crippen LogP contribution in [0, 0.1) is 5.92 Å². The van der Waals surface area contributed by atoms with Gasteiger partial charge in [-0.25, -0.2) is 4.79 Å². The summed E-state index contributed by atoms with van der Waals surface area (Å²) in [6.07, 6.45) is -4.33. The lowest BCUT2D eigenvalue weighted by Gasteiger charge is -2.27. The van der Waals surface area contributed by atoms with E-state index in [4.69, 9.17) is 16.7 Å². The molecule has 0 aliphatic heterocycles. The Bertz CT molecular complexity index is 848. The van der Waals surface area contributed by atoms with Gasteiger partial charge < -0.3 is 5.11 Å². The fourth-order valence-corrected chi connectivity index (χ4v) is 4.87. The summed E-state index contributed by atoms with van der Waals surface area (Å²) in [5, 5.41) is 9.36. The molecule has 2 atom stereocenters. The van der Waals surface area contributed by atoms with Crippen LogP contribution in [0.2, 0.25) is 5.02 Å². The molecule has 9 heteroatoms. The Hall–Kier alpha value is -0.570. The second kappa shape index (κ2) is 8.84. The van der Waals surface area contributed by atoms with Gasteiger partial charge in [0.15, 0.2) is 0 Å². The van der Waals surface area contributed by atoms with Crippen molar-refractivity contribution in [2.45, 2.75) is 25.4 Å². The van der Waals surface area contributed by atoms with Crippen LogP contribution in [0.4, 0.5) is 13.2 Å². The predicted octanol–water partition coefficient (Wildman–Crippen LogP) is 7.85. The first kappa shape index (κ1) is 22.7. The maximum absolute atomic E-state index is 13.8. The quantitative estimate of drug-likeness (QED) is 0.359. The molecule has 27 heavy (non-hydrogen) atoms. The van der Waals surface area contributed by atoms with Crippen LogP contribution in [-0.4, -0.2) is 17.3 Å². The number of carboxylic acid groups (broad SMARTS) is 1. The van der Waals surface area contributed by atoms with Gasteiger partial charge in [0.25, 0.3) is 0 Å². The number of rotatable bonds is 5. The van der Waals surface area contributed by atoms with Crippen molar-refractivity contribution in [1.29, 1.82) is 0 Å². The molecule has 0 fully saturated rings. The molecule has 0 bridgehead atoms. The van der Waals surface area contributed by atoms with Crippen LogP contribution in [0.3, 0.4) is 0 Å². The number of benzene rings is 2. The van der Waals surface area contributed by atoms with Gasteiger partial charge in [-0.1, -0.05) is 24.6 Å². The lowest BCUT2D eigenvalue weighted by Crippen LogP contribution is -2.28. The third-order valence-electron chi connectivity index (χ3n) is 4.11. The highest BCUT2D eigenvalue weighted by Gasteiger charge is 2.44. The molecule has 2 aromatic carbocycles. The first-order chi connectivity index (χ1) is 12.4. The van der Waals surface area contributed by atoms with Crippen molar-refractivity contribution < 1.29 is 23.1 Å². The number of hydrogen-bond acceptors (Lipinski definition) is 1. The highest BCUT2D eigenvalue weighted by Crippen LogP contribution is 2.44. The number of carboxylic acids is 1. The third kappa shape index (κ3) is 5.49. The van der Waals surface area contributed by atoms with E-state index in [9.17, 15) is 18.0 Å². The van der Waals surface area contributed by atoms with E-state index in [0.717, 1.165) is 0 Å². The summed E-state index contributed by atoms with van der Waals surface area (Å²) >= 11 is 15.5. The molecular formula is C18H13Br3ClF3O2. The SMILES string of the molecule is CC(Cc1ccc(C(=O)O)c(Br)c1)C(c1cc(Br)c(Cl)c(Br)c1)C(F)(F)F. The van der Waals surface area contributed by atoms with E-state index < -0.39 is 24.0 Å². The molecule has 0 heterocycles. The number of aromatic carboxylic acids is 1. The highest BCUT2D eigenvalue weighted by molar-refractivity contribution is 9.11. The molecule has 0 aliphatic rings. The lowest BCUT2D eigenvalue weighted by atomic mass is 9.82. The van der Waals surface area contributed by atoms with Crippen molar-refractivity contribution in [2.75, 3.05) is 0 Å². The first-order valence-electron chi connectivity index (χ1n) is 7.64. The Morgan fingerprint density at radius 2 is 1.67 bits per heavy atom. The molecule has 146 valence electrons. The van der Waals surface area contributed by atoms with E-state index in [1.807, 2.05) is 0 Å². The summed E-state index contributed by atoms with van der Waals surface area (Å²) in [5.41, 5.74) is 0.768. The van der Waals surface area contributed by atoms with Crippen molar-refractivity contribution in [3.63, 3.8) is 0 Å². The number of carbonyl (C=O) groups is 1. The van der Waals surface area contributed by atoms with E-state index in [-0.39, 0.29) is 17.5 Å². The summed E-state index contributed by atoms with van der Waals surface area (Å²) < 4.78 is 42.6. The summed E-state index contributed by atoms with van der Waals surface area (Å²) in [4.78, 5) is 11.1. The molecule has 0 aliphatic carbocycles. The van der Waals surface area contributed by atoms with Crippen molar-refractivity contribution in [3.05, 3.63) is 65.5 Å². The normalized spacial score (nSPS) is 14.1. The Kier molecular flexibility index (Phi) is 7.44. The van der Waals surface area contributed by atoms with E-state index in [1.165, 1.54) is 31.2 Å². The minimum absolute atomic E-state index is 0.0596. The van der Waals surface area contributed by atoms with Gasteiger partial charge in [0.05, 0.1) is 16.5 Å². The van der Waals surface area contributed by atoms with Gasteiger partial charge in [0.1, 0.15) is 0 Å². The fourth-order valence-electron chi connectivity index (χ4n) is 2.94. The Labute approximate surface area is 184 Å². The van der Waals surface area contributed by atoms with Gasteiger partial charge >= 0.3 is 12.1 Å². The molecular weight excluding hydrogens is 580 g/mol. The average Bonchev–Trinajstić information content (AvgIpc) is 2.50. The summed E-state index contributed by atoms with van der Waals surface area (Å²) in [5.74, 6) is -3.60. The Morgan fingerprint density at radius 3 is 2.11 bits per heavy atom. The van der Waals surface area contributed by atoms with Crippen molar-refractivity contribution >= 4 is 65.4 Å². The molecule has 0 saturated heterocycles. The maximum Gasteiger partial charge on any atom is 0.396 e. The van der Waals surface area contributed by atoms with Gasteiger partial charge in [0, 0.05) is 13.4 Å². The van der Waals surface area contributed by atoms with E-state index >= 15 is 0 Å². The van der Waals surface area contributed by atoms with Gasteiger partial charge in [0.2, 0.25) is 0 Å². The second-order valence-corrected chi connectivity index (χ2v) is 9.06. The van der Waals surface area contributed by atoms with E-state index in [0.29, 0.717) is 24.0 Å². The molecule has 2 aromatic rings. The largest absolute Gasteiger partial charge is 0.478 e. The second-order valence-electron chi connectivity index (χ2n) is 6.12. The van der Waals surface area contributed by atoms with Crippen LogP contribution in [0.15, 0.2) is 43.7 Å². The lowest BCUT2D eigenvalue weighted by molar-refractivity contribution is -0.160. The first-order valence-corrected chi connectivity index (χ1v) is 10.4. The minimum Gasteiger partial charge on any atom is -0.478 e. The molecule has 0 amide bonds. The van der Waals surface area contributed by atoms with Gasteiger partial charge in [-0.2, -0.15) is 13.2 Å². The standard InChI is InChI=1S/C18H13Br3ClF3O2/c1-8(4-9-2-3-11(17(26)27)12(19)5-9)15(18(23,24)25)10-6-13(20)16(22)14(21)7-10/h2-3,5-8,15H,4H2,1H3,(H,26,27). The van der Waals surface area contributed by atoms with Crippen molar-refractivity contribution in [3.8, 4) is 0 Å². The molecule has 2 nitrogen and oxygen atoms in total. The van der Waals surface area contributed by atoms with Gasteiger partial charge in [-0.15, -0.1) is 0 Å². The topological polar surface area (TPSA) is 37.3 Å². The van der Waals surface area contributed by atoms with Crippen LogP contribution in [-0.2, 0) is 6.42 Å². The molecule has 0 radical (unpaired) electrons.